The van der Waals surface area contributed by atoms with Gasteiger partial charge in [-0.2, -0.15) is 0 Å². The van der Waals surface area contributed by atoms with E-state index < -0.39 is 0 Å². The molecule has 2 heterocycles. The van der Waals surface area contributed by atoms with Gasteiger partial charge in [0.15, 0.2) is 0 Å². The first-order chi connectivity index (χ1) is 8.81. The van der Waals surface area contributed by atoms with E-state index in [9.17, 15) is 4.79 Å². The SMILES string of the molecule is C=CCN(Cc1cccs1)C(=O)c1cccnc1. The lowest BCUT2D eigenvalue weighted by Gasteiger charge is -2.20. The second kappa shape index (κ2) is 6.12. The normalized spacial score (nSPS) is 10.0. The molecule has 92 valence electrons. The van der Waals surface area contributed by atoms with Crippen molar-refractivity contribution in [1.29, 1.82) is 0 Å². The molecule has 0 aromatic carbocycles. The van der Waals surface area contributed by atoms with Gasteiger partial charge in [0, 0.05) is 23.8 Å². The van der Waals surface area contributed by atoms with Crippen LogP contribution in [-0.2, 0) is 6.54 Å². The fourth-order valence-electron chi connectivity index (χ4n) is 1.64. The van der Waals surface area contributed by atoms with Crippen molar-refractivity contribution in [3.63, 3.8) is 0 Å². The Bertz CT molecular complexity index is 508. The van der Waals surface area contributed by atoms with E-state index in [1.807, 2.05) is 17.5 Å². The summed E-state index contributed by atoms with van der Waals surface area (Å²) in [4.78, 5) is 19.2. The Balaban J connectivity index is 2.14. The molecule has 2 aromatic rings. The van der Waals surface area contributed by atoms with Gasteiger partial charge in [0.05, 0.1) is 12.1 Å². The van der Waals surface area contributed by atoms with Crippen molar-refractivity contribution in [2.24, 2.45) is 0 Å². The summed E-state index contributed by atoms with van der Waals surface area (Å²) >= 11 is 1.65. The first-order valence-corrected chi connectivity index (χ1v) is 6.52. The number of amides is 1. The van der Waals surface area contributed by atoms with Crippen LogP contribution < -0.4 is 0 Å². The lowest BCUT2D eigenvalue weighted by molar-refractivity contribution is 0.0764. The molecule has 2 aromatic heterocycles. The van der Waals surface area contributed by atoms with Crippen LogP contribution in [0.4, 0.5) is 0 Å². The van der Waals surface area contributed by atoms with Gasteiger partial charge < -0.3 is 4.90 Å². The maximum absolute atomic E-state index is 12.3. The first kappa shape index (κ1) is 12.5. The van der Waals surface area contributed by atoms with E-state index >= 15 is 0 Å². The number of thiophene rings is 1. The molecule has 0 aliphatic rings. The molecule has 18 heavy (non-hydrogen) atoms. The second-order valence-electron chi connectivity index (χ2n) is 3.80. The van der Waals surface area contributed by atoms with Gasteiger partial charge in [-0.3, -0.25) is 9.78 Å². The Hall–Kier alpha value is -1.94. The first-order valence-electron chi connectivity index (χ1n) is 5.64. The van der Waals surface area contributed by atoms with Crippen LogP contribution in [0.1, 0.15) is 15.2 Å². The van der Waals surface area contributed by atoms with Gasteiger partial charge >= 0.3 is 0 Å². The highest BCUT2D eigenvalue weighted by molar-refractivity contribution is 7.09. The molecule has 0 aliphatic carbocycles. The number of pyridine rings is 1. The molecular formula is C14H14N2OS. The molecular weight excluding hydrogens is 244 g/mol. The quantitative estimate of drug-likeness (QED) is 0.772. The summed E-state index contributed by atoms with van der Waals surface area (Å²) in [7, 11) is 0. The molecule has 0 spiro atoms. The third-order valence-corrected chi connectivity index (χ3v) is 3.33. The predicted octanol–water partition coefficient (Wildman–Crippen LogP) is 2.97. The number of hydrogen-bond acceptors (Lipinski definition) is 3. The molecule has 0 unspecified atom stereocenters. The van der Waals surface area contributed by atoms with Crippen LogP contribution in [0.25, 0.3) is 0 Å². The van der Waals surface area contributed by atoms with Crippen molar-refractivity contribution >= 4 is 17.2 Å². The summed E-state index contributed by atoms with van der Waals surface area (Å²) in [5, 5.41) is 2.01. The van der Waals surface area contributed by atoms with Crippen LogP contribution in [0.5, 0.6) is 0 Å². The fourth-order valence-corrected chi connectivity index (χ4v) is 2.36. The Labute approximate surface area is 110 Å². The van der Waals surface area contributed by atoms with Crippen molar-refractivity contribution in [3.8, 4) is 0 Å². The highest BCUT2D eigenvalue weighted by Crippen LogP contribution is 2.14. The van der Waals surface area contributed by atoms with Gasteiger partial charge in [0.25, 0.3) is 5.91 Å². The van der Waals surface area contributed by atoms with Crippen LogP contribution in [0.2, 0.25) is 0 Å². The fraction of sp³-hybridized carbons (Fsp3) is 0.143. The van der Waals surface area contributed by atoms with Crippen LogP contribution in [0, 0.1) is 0 Å². The molecule has 2 rings (SSSR count). The maximum Gasteiger partial charge on any atom is 0.256 e. The largest absolute Gasteiger partial charge is 0.330 e. The van der Waals surface area contributed by atoms with Crippen molar-refractivity contribution in [2.45, 2.75) is 6.54 Å². The Morgan fingerprint density at radius 1 is 1.44 bits per heavy atom. The van der Waals surface area contributed by atoms with Crippen LogP contribution in [0.3, 0.4) is 0 Å². The molecule has 0 fully saturated rings. The summed E-state index contributed by atoms with van der Waals surface area (Å²) in [5.74, 6) is -0.0172. The summed E-state index contributed by atoms with van der Waals surface area (Å²) in [6.07, 6.45) is 4.99. The minimum Gasteiger partial charge on any atom is -0.330 e. The second-order valence-corrected chi connectivity index (χ2v) is 4.83. The summed E-state index contributed by atoms with van der Waals surface area (Å²) in [6, 6.07) is 7.56. The Kier molecular flexibility index (Phi) is 4.25. The minimum atomic E-state index is -0.0172. The van der Waals surface area contributed by atoms with Crippen LogP contribution in [-0.4, -0.2) is 22.3 Å². The van der Waals surface area contributed by atoms with E-state index in [0.717, 1.165) is 4.88 Å². The Morgan fingerprint density at radius 2 is 2.33 bits per heavy atom. The van der Waals surface area contributed by atoms with E-state index in [0.29, 0.717) is 18.7 Å². The lowest BCUT2D eigenvalue weighted by Crippen LogP contribution is -2.30. The average molecular weight is 258 g/mol. The van der Waals surface area contributed by atoms with Gasteiger partial charge in [0.1, 0.15) is 0 Å². The molecule has 0 atom stereocenters. The molecule has 3 nitrogen and oxygen atoms in total. The molecule has 0 saturated carbocycles. The number of carbonyl (C=O) groups excluding carboxylic acids is 1. The summed E-state index contributed by atoms with van der Waals surface area (Å²) < 4.78 is 0. The number of hydrogen-bond donors (Lipinski definition) is 0. The molecule has 0 N–H and O–H groups in total. The summed E-state index contributed by atoms with van der Waals surface area (Å²) in [6.45, 7) is 4.84. The van der Waals surface area contributed by atoms with E-state index in [-0.39, 0.29) is 5.91 Å². The third kappa shape index (κ3) is 3.05. The molecule has 1 amide bonds. The van der Waals surface area contributed by atoms with E-state index in [2.05, 4.69) is 11.6 Å². The number of rotatable bonds is 5. The van der Waals surface area contributed by atoms with Gasteiger partial charge in [0.2, 0.25) is 0 Å². The molecule has 4 heteroatoms. The van der Waals surface area contributed by atoms with E-state index in [4.69, 9.17) is 0 Å². The third-order valence-electron chi connectivity index (χ3n) is 2.47. The molecule has 0 saturated heterocycles. The monoisotopic (exact) mass is 258 g/mol. The minimum absolute atomic E-state index is 0.0172. The number of aromatic nitrogens is 1. The lowest BCUT2D eigenvalue weighted by atomic mass is 10.2. The zero-order chi connectivity index (χ0) is 12.8. The highest BCUT2D eigenvalue weighted by Gasteiger charge is 2.15. The van der Waals surface area contributed by atoms with Gasteiger partial charge in [-0.15, -0.1) is 17.9 Å². The van der Waals surface area contributed by atoms with Crippen molar-refractivity contribution < 1.29 is 4.79 Å². The molecule has 0 aliphatic heterocycles. The molecule has 0 bridgehead atoms. The van der Waals surface area contributed by atoms with Gasteiger partial charge in [-0.25, -0.2) is 0 Å². The number of nitrogens with zero attached hydrogens (tertiary/aromatic N) is 2. The van der Waals surface area contributed by atoms with Crippen molar-refractivity contribution in [3.05, 3.63) is 65.1 Å². The van der Waals surface area contributed by atoms with Crippen LogP contribution in [0.15, 0.2) is 54.7 Å². The topological polar surface area (TPSA) is 33.2 Å². The number of carbonyl (C=O) groups is 1. The van der Waals surface area contributed by atoms with Crippen molar-refractivity contribution in [1.82, 2.24) is 9.88 Å². The van der Waals surface area contributed by atoms with Crippen LogP contribution >= 0.6 is 11.3 Å². The van der Waals surface area contributed by atoms with E-state index in [1.54, 1.807) is 46.8 Å². The average Bonchev–Trinajstić information content (AvgIpc) is 2.91. The van der Waals surface area contributed by atoms with Gasteiger partial charge in [-0.05, 0) is 23.6 Å². The zero-order valence-corrected chi connectivity index (χ0v) is 10.8. The maximum atomic E-state index is 12.3. The highest BCUT2D eigenvalue weighted by atomic mass is 32.1. The van der Waals surface area contributed by atoms with E-state index in [1.165, 1.54) is 0 Å². The van der Waals surface area contributed by atoms with Gasteiger partial charge in [-0.1, -0.05) is 12.1 Å². The molecule has 0 radical (unpaired) electrons. The summed E-state index contributed by atoms with van der Waals surface area (Å²) in [5.41, 5.74) is 0.607. The Morgan fingerprint density at radius 3 is 2.94 bits per heavy atom. The zero-order valence-electron chi connectivity index (χ0n) is 9.95. The smallest absolute Gasteiger partial charge is 0.256 e. The van der Waals surface area contributed by atoms with Crippen molar-refractivity contribution in [2.75, 3.05) is 6.54 Å². The predicted molar refractivity (Wildman–Crippen MR) is 73.5 cm³/mol. The standard InChI is InChI=1S/C14H14N2OS/c1-2-8-16(11-13-6-4-9-18-13)14(17)12-5-3-7-15-10-12/h2-7,9-10H,1,8,11H2.